The van der Waals surface area contributed by atoms with Crippen molar-refractivity contribution < 1.29 is 13.0 Å². The summed E-state index contributed by atoms with van der Waals surface area (Å²) in [5.74, 6) is 0. The summed E-state index contributed by atoms with van der Waals surface area (Å²) in [6.07, 6.45) is 1.54. The topological polar surface area (TPSA) is 80.4 Å². The molecule has 0 bridgehead atoms. The third-order valence-electron chi connectivity index (χ3n) is 1.82. The monoisotopic (exact) mass is 213 g/mol. The van der Waals surface area contributed by atoms with Crippen molar-refractivity contribution in [2.24, 2.45) is 5.73 Å². The third-order valence-corrected chi connectivity index (χ3v) is 2.68. The highest BCUT2D eigenvalue weighted by Gasteiger charge is 2.09. The molecule has 0 saturated heterocycles. The lowest BCUT2D eigenvalue weighted by atomic mass is 10.1. The molecular formula is C9H11NO3S. The molecular weight excluding hydrogens is 202 g/mol. The highest BCUT2D eigenvalue weighted by atomic mass is 32.2. The van der Waals surface area contributed by atoms with Crippen LogP contribution in [0.4, 0.5) is 0 Å². The molecule has 0 spiro atoms. The normalized spacial score (nSPS) is 13.6. The second-order valence-corrected chi connectivity index (χ2v) is 4.23. The van der Waals surface area contributed by atoms with Gasteiger partial charge in [-0.3, -0.25) is 4.55 Å². The summed E-state index contributed by atoms with van der Waals surface area (Å²) < 4.78 is 30.1. The van der Waals surface area contributed by atoms with E-state index in [1.807, 2.05) is 0 Å². The minimum absolute atomic E-state index is 0.141. The van der Waals surface area contributed by atoms with Gasteiger partial charge in [-0.1, -0.05) is 18.2 Å². The molecule has 0 aliphatic heterocycles. The Morgan fingerprint density at radius 1 is 1.36 bits per heavy atom. The molecule has 0 radical (unpaired) electrons. The van der Waals surface area contributed by atoms with E-state index in [2.05, 4.69) is 6.58 Å². The van der Waals surface area contributed by atoms with Crippen LogP contribution < -0.4 is 5.73 Å². The van der Waals surface area contributed by atoms with Gasteiger partial charge in [-0.15, -0.1) is 6.58 Å². The van der Waals surface area contributed by atoms with Gasteiger partial charge in [0.2, 0.25) is 0 Å². The average Bonchev–Trinajstić information content (AvgIpc) is 2.15. The molecule has 14 heavy (non-hydrogen) atoms. The van der Waals surface area contributed by atoms with E-state index >= 15 is 0 Å². The first-order valence-corrected chi connectivity index (χ1v) is 5.35. The van der Waals surface area contributed by atoms with E-state index in [4.69, 9.17) is 10.3 Å². The molecule has 0 aliphatic carbocycles. The van der Waals surface area contributed by atoms with Crippen molar-refractivity contribution in [3.05, 3.63) is 42.5 Å². The van der Waals surface area contributed by atoms with Gasteiger partial charge < -0.3 is 5.73 Å². The Balaban J connectivity index is 3.07. The van der Waals surface area contributed by atoms with Gasteiger partial charge in [-0.05, 0) is 17.7 Å². The van der Waals surface area contributed by atoms with Crippen molar-refractivity contribution >= 4 is 10.1 Å². The molecule has 0 amide bonds. The Morgan fingerprint density at radius 3 is 2.21 bits per heavy atom. The fourth-order valence-corrected chi connectivity index (χ4v) is 1.48. The van der Waals surface area contributed by atoms with E-state index in [9.17, 15) is 8.42 Å². The lowest BCUT2D eigenvalue weighted by Gasteiger charge is -2.06. The van der Waals surface area contributed by atoms with Gasteiger partial charge in [-0.25, -0.2) is 0 Å². The van der Waals surface area contributed by atoms with Crippen molar-refractivity contribution in [1.29, 1.82) is 0 Å². The molecule has 1 aromatic carbocycles. The van der Waals surface area contributed by atoms with Gasteiger partial charge in [0.1, 0.15) is 0 Å². The van der Waals surface area contributed by atoms with Gasteiger partial charge in [0.25, 0.3) is 10.1 Å². The summed E-state index contributed by atoms with van der Waals surface area (Å²) in [6, 6.07) is 5.35. The summed E-state index contributed by atoms with van der Waals surface area (Å²) >= 11 is 0. The summed E-state index contributed by atoms with van der Waals surface area (Å²) in [7, 11) is -4.12. The van der Waals surface area contributed by atoms with Crippen molar-refractivity contribution in [3.8, 4) is 0 Å². The summed E-state index contributed by atoms with van der Waals surface area (Å²) in [5, 5.41) is 0. The predicted octanol–water partition coefficient (Wildman–Crippen LogP) is 1.12. The Morgan fingerprint density at radius 2 is 1.86 bits per heavy atom. The van der Waals surface area contributed by atoms with Crippen LogP contribution in [0.25, 0.3) is 0 Å². The van der Waals surface area contributed by atoms with Crippen LogP contribution in [0, 0.1) is 0 Å². The highest BCUT2D eigenvalue weighted by Crippen LogP contribution is 2.14. The lowest BCUT2D eigenvalue weighted by Crippen LogP contribution is -2.06. The molecule has 1 unspecified atom stereocenters. The maximum Gasteiger partial charge on any atom is 0.294 e. The molecule has 0 aromatic heterocycles. The zero-order valence-corrected chi connectivity index (χ0v) is 8.24. The zero-order valence-electron chi connectivity index (χ0n) is 7.42. The molecule has 1 rings (SSSR count). The molecule has 5 heteroatoms. The van der Waals surface area contributed by atoms with E-state index in [0.29, 0.717) is 0 Å². The van der Waals surface area contributed by atoms with Crippen LogP contribution in [0.3, 0.4) is 0 Å². The van der Waals surface area contributed by atoms with Crippen LogP contribution in [0.2, 0.25) is 0 Å². The Bertz CT molecular complexity index is 422. The minimum atomic E-state index is -4.12. The van der Waals surface area contributed by atoms with Crippen LogP contribution in [-0.4, -0.2) is 13.0 Å². The van der Waals surface area contributed by atoms with Crippen molar-refractivity contribution in [3.63, 3.8) is 0 Å². The minimum Gasteiger partial charge on any atom is -0.321 e. The lowest BCUT2D eigenvalue weighted by molar-refractivity contribution is 0.483. The van der Waals surface area contributed by atoms with Crippen LogP contribution >= 0.6 is 0 Å². The van der Waals surface area contributed by atoms with Crippen molar-refractivity contribution in [2.75, 3.05) is 0 Å². The number of benzene rings is 1. The molecule has 0 fully saturated rings. The molecule has 1 atom stereocenters. The van der Waals surface area contributed by atoms with Gasteiger partial charge in [0, 0.05) is 6.04 Å². The van der Waals surface area contributed by atoms with E-state index < -0.39 is 10.1 Å². The third kappa shape index (κ3) is 2.41. The molecule has 4 nitrogen and oxygen atoms in total. The Kier molecular flexibility index (Phi) is 3.05. The van der Waals surface area contributed by atoms with Crippen molar-refractivity contribution in [1.82, 2.24) is 0 Å². The number of nitrogens with two attached hydrogens (primary N) is 1. The quantitative estimate of drug-likeness (QED) is 0.582. The molecule has 0 aliphatic rings. The fourth-order valence-electron chi connectivity index (χ4n) is 0.998. The molecule has 0 heterocycles. The largest absolute Gasteiger partial charge is 0.321 e. The van der Waals surface area contributed by atoms with Gasteiger partial charge in [0.15, 0.2) is 0 Å². The van der Waals surface area contributed by atoms with Crippen LogP contribution in [-0.2, 0) is 10.1 Å². The SMILES string of the molecule is C=CC(N)c1ccc(S(=O)(=O)O)cc1. The van der Waals surface area contributed by atoms with Crippen molar-refractivity contribution in [2.45, 2.75) is 10.9 Å². The summed E-state index contributed by atoms with van der Waals surface area (Å²) in [5.41, 5.74) is 6.37. The van der Waals surface area contributed by atoms with E-state index in [1.165, 1.54) is 24.3 Å². The van der Waals surface area contributed by atoms with E-state index in [-0.39, 0.29) is 10.9 Å². The first-order valence-electron chi connectivity index (χ1n) is 3.90. The fraction of sp³-hybridized carbons (Fsp3) is 0.111. The smallest absolute Gasteiger partial charge is 0.294 e. The van der Waals surface area contributed by atoms with Crippen LogP contribution in [0.5, 0.6) is 0 Å². The van der Waals surface area contributed by atoms with Crippen LogP contribution in [0.1, 0.15) is 11.6 Å². The first kappa shape index (κ1) is 10.9. The highest BCUT2D eigenvalue weighted by molar-refractivity contribution is 7.85. The van der Waals surface area contributed by atoms with Gasteiger partial charge in [0.05, 0.1) is 4.90 Å². The molecule has 3 N–H and O–H groups in total. The predicted molar refractivity (Wildman–Crippen MR) is 53.4 cm³/mol. The molecule has 0 saturated carbocycles. The zero-order chi connectivity index (χ0) is 10.8. The van der Waals surface area contributed by atoms with Gasteiger partial charge >= 0.3 is 0 Å². The van der Waals surface area contributed by atoms with E-state index in [0.717, 1.165) is 5.56 Å². The maximum absolute atomic E-state index is 10.7. The van der Waals surface area contributed by atoms with E-state index in [1.54, 1.807) is 6.08 Å². The Hall–Kier alpha value is -1.17. The number of hydrogen-bond donors (Lipinski definition) is 2. The average molecular weight is 213 g/mol. The second kappa shape index (κ2) is 3.91. The summed E-state index contributed by atoms with van der Waals surface area (Å²) in [4.78, 5) is -0.141. The molecule has 76 valence electrons. The number of hydrogen-bond acceptors (Lipinski definition) is 3. The van der Waals surface area contributed by atoms with Gasteiger partial charge in [-0.2, -0.15) is 8.42 Å². The standard InChI is InChI=1S/C9H11NO3S/c1-2-9(10)7-3-5-8(6-4-7)14(11,12)13/h2-6,9H,1,10H2,(H,11,12,13). The first-order chi connectivity index (χ1) is 6.45. The van der Waals surface area contributed by atoms with Crippen LogP contribution in [0.15, 0.2) is 41.8 Å². The summed E-state index contributed by atoms with van der Waals surface area (Å²) in [6.45, 7) is 3.52. The molecule has 1 aromatic rings. The second-order valence-electron chi connectivity index (χ2n) is 2.81. The Labute approximate surface area is 82.8 Å². The maximum atomic E-state index is 10.7. The number of rotatable bonds is 3.